The number of nitrogens with zero attached hydrogens (tertiary/aromatic N) is 1. The number of hydrogen-bond acceptors (Lipinski definition) is 2. The number of furan rings is 1. The van der Waals surface area contributed by atoms with Crippen molar-refractivity contribution in [3.63, 3.8) is 0 Å². The number of benzene rings is 5. The summed E-state index contributed by atoms with van der Waals surface area (Å²) >= 11 is 0. The predicted molar refractivity (Wildman–Crippen MR) is 160 cm³/mol. The van der Waals surface area contributed by atoms with E-state index in [2.05, 4.69) is 116 Å². The molecule has 0 bridgehead atoms. The lowest BCUT2D eigenvalue weighted by molar-refractivity contribution is 0.412. The maximum Gasteiger partial charge on any atom is 0.135 e. The molecule has 0 amide bonds. The molecule has 0 atom stereocenters. The fourth-order valence-corrected chi connectivity index (χ4v) is 5.27. The van der Waals surface area contributed by atoms with E-state index in [9.17, 15) is 0 Å². The number of fused-ring (bicyclic) bond motifs is 6. The molecule has 38 heavy (non-hydrogen) atoms. The standard InChI is InChI=1S/C19H15N.C16H16O2/c1-14-10-12-15(13-11-14)20-18-8-4-2-6-16(18)17-7-3-5-9-19(17)20;1-9-5-12-13-8-14(17-4)11(3)7-16(13)18-15(12)6-10(9)2/h2-13H,1H3;5-8H,1-4H3. The topological polar surface area (TPSA) is 27.3 Å². The van der Waals surface area contributed by atoms with Crippen molar-refractivity contribution in [2.45, 2.75) is 27.7 Å². The number of aromatic nitrogens is 1. The van der Waals surface area contributed by atoms with Gasteiger partial charge in [-0.15, -0.1) is 0 Å². The summed E-state index contributed by atoms with van der Waals surface area (Å²) in [6.45, 7) is 8.38. The van der Waals surface area contributed by atoms with E-state index in [0.717, 1.165) is 33.3 Å². The minimum atomic E-state index is 0.906. The fraction of sp³-hybridized carbons (Fsp3) is 0.143. The fourth-order valence-electron chi connectivity index (χ4n) is 5.27. The summed E-state index contributed by atoms with van der Waals surface area (Å²) in [6.07, 6.45) is 0. The van der Waals surface area contributed by atoms with Crippen LogP contribution >= 0.6 is 0 Å². The Kier molecular flexibility index (Phi) is 5.92. The van der Waals surface area contributed by atoms with E-state index in [1.165, 1.54) is 44.2 Å². The van der Waals surface area contributed by atoms with Gasteiger partial charge in [0.2, 0.25) is 0 Å². The van der Waals surface area contributed by atoms with E-state index in [1.54, 1.807) is 7.11 Å². The average Bonchev–Trinajstić information content (AvgIpc) is 3.44. The smallest absolute Gasteiger partial charge is 0.135 e. The van der Waals surface area contributed by atoms with Gasteiger partial charge in [0.15, 0.2) is 0 Å². The van der Waals surface area contributed by atoms with Gasteiger partial charge in [-0.25, -0.2) is 0 Å². The molecule has 0 aliphatic heterocycles. The summed E-state index contributed by atoms with van der Waals surface area (Å²) in [5, 5.41) is 4.90. The quantitative estimate of drug-likeness (QED) is 0.238. The lowest BCUT2D eigenvalue weighted by atomic mass is 10.0. The highest BCUT2D eigenvalue weighted by atomic mass is 16.5. The summed E-state index contributed by atoms with van der Waals surface area (Å²) in [6, 6.07) is 34.3. The molecule has 0 N–H and O–H groups in total. The van der Waals surface area contributed by atoms with E-state index in [0.29, 0.717) is 0 Å². The second kappa shape index (κ2) is 9.42. The lowest BCUT2D eigenvalue weighted by Gasteiger charge is -2.07. The summed E-state index contributed by atoms with van der Waals surface area (Å²) in [5.74, 6) is 0.906. The van der Waals surface area contributed by atoms with Crippen LogP contribution in [0.2, 0.25) is 0 Å². The van der Waals surface area contributed by atoms with Gasteiger partial charge in [0.25, 0.3) is 0 Å². The predicted octanol–water partition coefficient (Wildman–Crippen LogP) is 9.61. The maximum atomic E-state index is 5.91. The highest BCUT2D eigenvalue weighted by Crippen LogP contribution is 2.35. The van der Waals surface area contributed by atoms with Crippen molar-refractivity contribution < 1.29 is 9.15 Å². The van der Waals surface area contributed by atoms with Gasteiger partial charge in [0.1, 0.15) is 16.9 Å². The van der Waals surface area contributed by atoms with Gasteiger partial charge in [-0.3, -0.25) is 0 Å². The molecule has 3 nitrogen and oxygen atoms in total. The van der Waals surface area contributed by atoms with Gasteiger partial charge in [-0.1, -0.05) is 54.1 Å². The molecule has 0 aliphatic carbocycles. The van der Waals surface area contributed by atoms with Gasteiger partial charge < -0.3 is 13.7 Å². The zero-order valence-electron chi connectivity index (χ0n) is 22.5. The molecule has 5 aromatic carbocycles. The van der Waals surface area contributed by atoms with Crippen LogP contribution in [0.15, 0.2) is 101 Å². The molecule has 0 saturated carbocycles. The number of hydrogen-bond donors (Lipinski definition) is 0. The average molecular weight is 498 g/mol. The van der Waals surface area contributed by atoms with Crippen molar-refractivity contribution in [1.29, 1.82) is 0 Å². The molecular formula is C35H31NO2. The molecule has 0 unspecified atom stereocenters. The van der Waals surface area contributed by atoms with Crippen LogP contribution in [0.4, 0.5) is 0 Å². The van der Waals surface area contributed by atoms with Crippen LogP contribution in [0, 0.1) is 27.7 Å². The normalized spacial score (nSPS) is 11.3. The molecule has 0 fully saturated rings. The first-order valence-corrected chi connectivity index (χ1v) is 13.0. The Hall–Kier alpha value is -4.50. The van der Waals surface area contributed by atoms with E-state index in [4.69, 9.17) is 9.15 Å². The zero-order chi connectivity index (χ0) is 26.4. The van der Waals surface area contributed by atoms with Crippen LogP contribution in [-0.2, 0) is 0 Å². The van der Waals surface area contributed by atoms with Crippen LogP contribution in [-0.4, -0.2) is 11.7 Å². The largest absolute Gasteiger partial charge is 0.496 e. The van der Waals surface area contributed by atoms with Gasteiger partial charge >= 0.3 is 0 Å². The number of para-hydroxylation sites is 2. The van der Waals surface area contributed by atoms with Crippen molar-refractivity contribution in [3.05, 3.63) is 119 Å². The van der Waals surface area contributed by atoms with Crippen molar-refractivity contribution in [2.75, 3.05) is 7.11 Å². The molecule has 0 saturated heterocycles. The van der Waals surface area contributed by atoms with E-state index >= 15 is 0 Å². The Balaban J connectivity index is 0.000000140. The number of methoxy groups -OCH3 is 1. The maximum absolute atomic E-state index is 5.91. The molecule has 3 heteroatoms. The first-order chi connectivity index (χ1) is 18.4. The Morgan fingerprint density at radius 1 is 0.553 bits per heavy atom. The third-order valence-electron chi connectivity index (χ3n) is 7.48. The van der Waals surface area contributed by atoms with Crippen LogP contribution in [0.1, 0.15) is 22.3 Å². The first kappa shape index (κ1) is 23.9. The van der Waals surface area contributed by atoms with Gasteiger partial charge in [0.05, 0.1) is 18.1 Å². The molecule has 0 radical (unpaired) electrons. The molecule has 2 heterocycles. The monoisotopic (exact) mass is 497 g/mol. The second-order valence-electron chi connectivity index (χ2n) is 10.1. The molecule has 7 aromatic rings. The van der Waals surface area contributed by atoms with Gasteiger partial charge in [-0.05, 0) is 92.9 Å². The molecule has 0 spiro atoms. The van der Waals surface area contributed by atoms with Crippen molar-refractivity contribution in [3.8, 4) is 11.4 Å². The Labute approximate surface area is 222 Å². The van der Waals surface area contributed by atoms with Crippen LogP contribution < -0.4 is 4.74 Å². The first-order valence-electron chi connectivity index (χ1n) is 13.0. The van der Waals surface area contributed by atoms with Gasteiger partial charge in [-0.2, -0.15) is 0 Å². The summed E-state index contributed by atoms with van der Waals surface area (Å²) in [4.78, 5) is 0. The summed E-state index contributed by atoms with van der Waals surface area (Å²) < 4.78 is 13.6. The van der Waals surface area contributed by atoms with Crippen LogP contribution in [0.3, 0.4) is 0 Å². The van der Waals surface area contributed by atoms with Crippen molar-refractivity contribution in [1.82, 2.24) is 4.57 Å². The van der Waals surface area contributed by atoms with E-state index in [1.807, 2.05) is 13.0 Å². The minimum absolute atomic E-state index is 0.906. The Morgan fingerprint density at radius 3 is 1.68 bits per heavy atom. The van der Waals surface area contributed by atoms with E-state index in [-0.39, 0.29) is 0 Å². The Bertz CT molecular complexity index is 1880. The van der Waals surface area contributed by atoms with Gasteiger partial charge in [0, 0.05) is 27.2 Å². The third kappa shape index (κ3) is 4.01. The Morgan fingerprint density at radius 2 is 1.08 bits per heavy atom. The van der Waals surface area contributed by atoms with Crippen LogP contribution in [0.25, 0.3) is 49.4 Å². The molecule has 7 rings (SSSR count). The van der Waals surface area contributed by atoms with Crippen LogP contribution in [0.5, 0.6) is 5.75 Å². The number of rotatable bonds is 2. The molecule has 0 aliphatic rings. The van der Waals surface area contributed by atoms with E-state index < -0.39 is 0 Å². The third-order valence-corrected chi connectivity index (χ3v) is 7.48. The summed E-state index contributed by atoms with van der Waals surface area (Å²) in [5.41, 5.74) is 10.5. The number of ether oxygens (including phenoxy) is 1. The second-order valence-corrected chi connectivity index (χ2v) is 10.1. The molecule has 2 aromatic heterocycles. The summed E-state index contributed by atoms with van der Waals surface area (Å²) in [7, 11) is 1.70. The highest BCUT2D eigenvalue weighted by molar-refractivity contribution is 6.09. The lowest BCUT2D eigenvalue weighted by Crippen LogP contribution is -1.93. The van der Waals surface area contributed by atoms with Crippen molar-refractivity contribution >= 4 is 43.7 Å². The molecule has 188 valence electrons. The highest BCUT2D eigenvalue weighted by Gasteiger charge is 2.12. The van der Waals surface area contributed by atoms with Crippen molar-refractivity contribution in [2.24, 2.45) is 0 Å². The SMILES string of the molecule is COc1cc2c(cc1C)oc1cc(C)c(C)cc12.Cc1ccc(-n2c3ccccc3c3ccccc32)cc1. The zero-order valence-corrected chi connectivity index (χ0v) is 22.5. The number of aryl methyl sites for hydroxylation is 4. The molecular weight excluding hydrogens is 466 g/mol. The minimum Gasteiger partial charge on any atom is -0.496 e.